The van der Waals surface area contributed by atoms with Crippen molar-refractivity contribution in [2.24, 2.45) is 0 Å². The van der Waals surface area contributed by atoms with Crippen LogP contribution in [0.1, 0.15) is 5.76 Å². The zero-order valence-corrected chi connectivity index (χ0v) is 10.7. The summed E-state index contributed by atoms with van der Waals surface area (Å²) in [6.45, 7) is 0.0529. The van der Waals surface area contributed by atoms with Crippen molar-refractivity contribution in [2.45, 2.75) is 11.4 Å². The second kappa shape index (κ2) is 4.97. The molecule has 0 atom stereocenters. The van der Waals surface area contributed by atoms with Crippen molar-refractivity contribution in [1.29, 1.82) is 0 Å². The summed E-state index contributed by atoms with van der Waals surface area (Å²) < 4.78 is 31.2. The van der Waals surface area contributed by atoms with Gasteiger partial charge in [0.2, 0.25) is 10.0 Å². The maximum Gasteiger partial charge on any atom is 0.242 e. The standard InChI is InChI=1S/C10H10ClN3O3S/c11-9-4-8(6-13-10(9)12)18(15,16)14-5-7-2-1-3-17-7/h1-4,6,14H,5H2,(H2,12,13). The molecule has 2 aromatic heterocycles. The Hall–Kier alpha value is -1.57. The van der Waals surface area contributed by atoms with Crippen molar-refractivity contribution in [3.63, 3.8) is 0 Å². The molecule has 0 bridgehead atoms. The number of nitrogen functional groups attached to an aromatic ring is 1. The van der Waals surface area contributed by atoms with E-state index in [0.717, 1.165) is 6.20 Å². The van der Waals surface area contributed by atoms with Crippen molar-refractivity contribution in [3.8, 4) is 0 Å². The molecule has 2 aromatic rings. The molecule has 0 aromatic carbocycles. The van der Waals surface area contributed by atoms with Crippen LogP contribution in [0.15, 0.2) is 40.0 Å². The maximum absolute atomic E-state index is 11.9. The Morgan fingerprint density at radius 3 is 2.89 bits per heavy atom. The fourth-order valence-electron chi connectivity index (χ4n) is 1.24. The van der Waals surface area contributed by atoms with E-state index in [1.54, 1.807) is 12.1 Å². The summed E-state index contributed by atoms with van der Waals surface area (Å²) in [5.41, 5.74) is 5.41. The number of anilines is 1. The molecule has 0 spiro atoms. The lowest BCUT2D eigenvalue weighted by Gasteiger charge is -2.06. The van der Waals surface area contributed by atoms with Gasteiger partial charge in [0, 0.05) is 6.20 Å². The predicted octanol–water partition coefficient (Wildman–Crippen LogP) is 1.39. The van der Waals surface area contributed by atoms with Gasteiger partial charge in [0.05, 0.1) is 17.8 Å². The Morgan fingerprint density at radius 2 is 2.28 bits per heavy atom. The van der Waals surface area contributed by atoms with Crippen molar-refractivity contribution in [3.05, 3.63) is 41.4 Å². The van der Waals surface area contributed by atoms with Gasteiger partial charge in [0.1, 0.15) is 16.5 Å². The number of hydrogen-bond donors (Lipinski definition) is 2. The van der Waals surface area contributed by atoms with E-state index in [-0.39, 0.29) is 22.3 Å². The van der Waals surface area contributed by atoms with E-state index >= 15 is 0 Å². The molecular formula is C10H10ClN3O3S. The third-order valence-electron chi connectivity index (χ3n) is 2.17. The first-order valence-electron chi connectivity index (χ1n) is 4.92. The lowest BCUT2D eigenvalue weighted by atomic mass is 10.5. The number of nitrogens with one attached hydrogen (secondary N) is 1. The van der Waals surface area contributed by atoms with Crippen LogP contribution in [0.5, 0.6) is 0 Å². The third kappa shape index (κ3) is 2.81. The number of furan rings is 1. The number of pyridine rings is 1. The number of rotatable bonds is 4. The molecule has 8 heteroatoms. The molecule has 0 saturated heterocycles. The molecule has 3 N–H and O–H groups in total. The summed E-state index contributed by atoms with van der Waals surface area (Å²) >= 11 is 5.72. The smallest absolute Gasteiger partial charge is 0.242 e. The van der Waals surface area contributed by atoms with Gasteiger partial charge >= 0.3 is 0 Å². The number of aromatic nitrogens is 1. The van der Waals surface area contributed by atoms with Gasteiger partial charge in [-0.05, 0) is 18.2 Å². The van der Waals surface area contributed by atoms with Gasteiger partial charge in [-0.1, -0.05) is 11.6 Å². The Kier molecular flexibility index (Phi) is 3.55. The number of nitrogens with two attached hydrogens (primary N) is 1. The van der Waals surface area contributed by atoms with E-state index in [1.807, 2.05) is 0 Å². The Bertz CT molecular complexity index is 640. The zero-order chi connectivity index (χ0) is 13.2. The highest BCUT2D eigenvalue weighted by molar-refractivity contribution is 7.89. The van der Waals surface area contributed by atoms with Gasteiger partial charge in [-0.25, -0.2) is 18.1 Å². The molecular weight excluding hydrogens is 278 g/mol. The van der Waals surface area contributed by atoms with E-state index in [0.29, 0.717) is 5.76 Å². The number of nitrogens with zero attached hydrogens (tertiary/aromatic N) is 1. The molecule has 18 heavy (non-hydrogen) atoms. The van der Waals surface area contributed by atoms with E-state index in [9.17, 15) is 8.42 Å². The minimum absolute atomic E-state index is 0.0479. The molecule has 0 aliphatic heterocycles. The Balaban J connectivity index is 2.17. The van der Waals surface area contributed by atoms with Crippen LogP contribution in [-0.2, 0) is 16.6 Å². The molecule has 2 heterocycles. The highest BCUT2D eigenvalue weighted by Crippen LogP contribution is 2.19. The van der Waals surface area contributed by atoms with E-state index in [2.05, 4.69) is 9.71 Å². The number of hydrogen-bond acceptors (Lipinski definition) is 5. The van der Waals surface area contributed by atoms with Crippen molar-refractivity contribution >= 4 is 27.4 Å². The van der Waals surface area contributed by atoms with Crippen LogP contribution in [0.2, 0.25) is 5.02 Å². The second-order valence-corrected chi connectivity index (χ2v) is 5.62. The molecule has 0 amide bonds. The molecule has 0 aliphatic carbocycles. The minimum Gasteiger partial charge on any atom is -0.468 e. The minimum atomic E-state index is -3.69. The van der Waals surface area contributed by atoms with E-state index < -0.39 is 10.0 Å². The van der Waals surface area contributed by atoms with Crippen molar-refractivity contribution in [2.75, 3.05) is 5.73 Å². The van der Waals surface area contributed by atoms with Crippen LogP contribution in [0.3, 0.4) is 0 Å². The SMILES string of the molecule is Nc1ncc(S(=O)(=O)NCc2ccco2)cc1Cl. The van der Waals surface area contributed by atoms with Crippen LogP contribution in [-0.4, -0.2) is 13.4 Å². The molecule has 2 rings (SSSR count). The summed E-state index contributed by atoms with van der Waals surface area (Å²) in [5.74, 6) is 0.592. The number of halogens is 1. The van der Waals surface area contributed by atoms with Gasteiger partial charge in [-0.15, -0.1) is 0 Å². The van der Waals surface area contributed by atoms with Gasteiger partial charge in [-0.3, -0.25) is 0 Å². The third-order valence-corrected chi connectivity index (χ3v) is 3.84. The molecule has 6 nitrogen and oxygen atoms in total. The maximum atomic E-state index is 11.9. The van der Waals surface area contributed by atoms with E-state index in [4.69, 9.17) is 21.8 Å². The predicted molar refractivity (Wildman–Crippen MR) is 66.4 cm³/mol. The fourth-order valence-corrected chi connectivity index (χ4v) is 2.43. The van der Waals surface area contributed by atoms with Crippen LogP contribution in [0.25, 0.3) is 0 Å². The molecule has 0 unspecified atom stereocenters. The molecule has 96 valence electrons. The lowest BCUT2D eigenvalue weighted by molar-refractivity contribution is 0.498. The van der Waals surface area contributed by atoms with Gasteiger partial charge in [-0.2, -0.15) is 0 Å². The Labute approximate surface area is 109 Å². The van der Waals surface area contributed by atoms with Crippen molar-refractivity contribution in [1.82, 2.24) is 9.71 Å². The van der Waals surface area contributed by atoms with Crippen LogP contribution >= 0.6 is 11.6 Å². The largest absolute Gasteiger partial charge is 0.468 e. The average molecular weight is 288 g/mol. The molecule has 0 fully saturated rings. The Morgan fingerprint density at radius 1 is 1.50 bits per heavy atom. The topological polar surface area (TPSA) is 98.2 Å². The first kappa shape index (κ1) is 12.9. The first-order valence-corrected chi connectivity index (χ1v) is 6.78. The fraction of sp³-hybridized carbons (Fsp3) is 0.100. The highest BCUT2D eigenvalue weighted by Gasteiger charge is 2.16. The monoisotopic (exact) mass is 287 g/mol. The van der Waals surface area contributed by atoms with Crippen LogP contribution < -0.4 is 10.5 Å². The summed E-state index contributed by atoms with van der Waals surface area (Å²) in [6, 6.07) is 4.58. The molecule has 0 saturated carbocycles. The molecule has 0 radical (unpaired) electrons. The van der Waals surface area contributed by atoms with Crippen LogP contribution in [0.4, 0.5) is 5.82 Å². The summed E-state index contributed by atoms with van der Waals surface area (Å²) in [5, 5.41) is 0.0934. The summed E-state index contributed by atoms with van der Waals surface area (Å²) in [7, 11) is -3.69. The number of sulfonamides is 1. The lowest BCUT2D eigenvalue weighted by Crippen LogP contribution is -2.23. The summed E-state index contributed by atoms with van der Waals surface area (Å²) in [4.78, 5) is 3.65. The van der Waals surface area contributed by atoms with Gasteiger partial charge < -0.3 is 10.2 Å². The normalized spacial score (nSPS) is 11.6. The average Bonchev–Trinajstić information content (AvgIpc) is 2.83. The molecule has 0 aliphatic rings. The highest BCUT2D eigenvalue weighted by atomic mass is 35.5. The van der Waals surface area contributed by atoms with Gasteiger partial charge in [0.25, 0.3) is 0 Å². The first-order chi connectivity index (χ1) is 8.49. The van der Waals surface area contributed by atoms with Crippen molar-refractivity contribution < 1.29 is 12.8 Å². The zero-order valence-electron chi connectivity index (χ0n) is 9.13. The second-order valence-electron chi connectivity index (χ2n) is 3.44. The quantitative estimate of drug-likeness (QED) is 0.885. The van der Waals surface area contributed by atoms with Crippen LogP contribution in [0, 0.1) is 0 Å². The van der Waals surface area contributed by atoms with E-state index in [1.165, 1.54) is 12.3 Å². The van der Waals surface area contributed by atoms with Gasteiger partial charge in [0.15, 0.2) is 0 Å². The summed E-state index contributed by atoms with van der Waals surface area (Å²) in [6.07, 6.45) is 2.61.